The number of allylic oxidation sites excluding steroid dienone is 3. The molecule has 78 heavy (non-hydrogen) atoms. The van der Waals surface area contributed by atoms with Crippen LogP contribution in [-0.2, 0) is 4.79 Å². The van der Waals surface area contributed by atoms with Crippen LogP contribution in [0.2, 0.25) is 0 Å². The molecule has 4 heteroatoms. The molecule has 0 aromatic heterocycles. The summed E-state index contributed by atoms with van der Waals surface area (Å²) in [6.45, 7) is 4.36. The summed E-state index contributed by atoms with van der Waals surface area (Å²) in [4.78, 5) is 12.5. The number of rotatable bonds is 69. The molecule has 0 aromatic carbocycles. The molecule has 0 aliphatic carbocycles. The van der Waals surface area contributed by atoms with Crippen LogP contribution in [0.5, 0.6) is 0 Å². The molecule has 1 amide bonds. The van der Waals surface area contributed by atoms with E-state index in [9.17, 15) is 15.0 Å². The first kappa shape index (κ1) is 76.9. The molecule has 2 atom stereocenters. The maximum Gasteiger partial charge on any atom is 0.220 e. The second kappa shape index (κ2) is 70.1. The van der Waals surface area contributed by atoms with Gasteiger partial charge in [-0.3, -0.25) is 4.79 Å². The average molecular weight is 1100 g/mol. The Hall–Kier alpha value is -1.13. The third-order valence-corrected chi connectivity index (χ3v) is 17.4. The number of hydrogen-bond donors (Lipinski definition) is 3. The first-order chi connectivity index (χ1) is 38.7. The van der Waals surface area contributed by atoms with Crippen molar-refractivity contribution in [2.45, 2.75) is 437 Å². The first-order valence-corrected chi connectivity index (χ1v) is 36.6. The lowest BCUT2D eigenvalue weighted by Gasteiger charge is -2.20. The number of carbonyl (C=O) groups excluding carboxylic acids is 1. The molecule has 4 nitrogen and oxygen atoms in total. The minimum absolute atomic E-state index is 0.0536. The molecular formula is C74H145NO3. The zero-order chi connectivity index (χ0) is 56.2. The normalized spacial score (nSPS) is 12.7. The smallest absolute Gasteiger partial charge is 0.220 e. The fraction of sp³-hybridized carbons (Fsp3) is 0.932. The summed E-state index contributed by atoms with van der Waals surface area (Å²) in [5, 5.41) is 23.3. The molecule has 0 aliphatic rings. The van der Waals surface area contributed by atoms with Gasteiger partial charge in [0.1, 0.15) is 0 Å². The predicted molar refractivity (Wildman–Crippen MR) is 350 cm³/mol. The highest BCUT2D eigenvalue weighted by Crippen LogP contribution is 2.20. The minimum Gasteiger partial charge on any atom is -0.394 e. The van der Waals surface area contributed by atoms with Crippen molar-refractivity contribution in [2.75, 3.05) is 6.61 Å². The second-order valence-corrected chi connectivity index (χ2v) is 25.4. The molecule has 0 saturated heterocycles. The van der Waals surface area contributed by atoms with Crippen LogP contribution in [-0.4, -0.2) is 34.9 Å². The van der Waals surface area contributed by atoms with Gasteiger partial charge in [0.2, 0.25) is 5.91 Å². The molecule has 0 radical (unpaired) electrons. The Labute approximate surface area is 491 Å². The van der Waals surface area contributed by atoms with E-state index in [-0.39, 0.29) is 12.5 Å². The molecule has 464 valence electrons. The van der Waals surface area contributed by atoms with Gasteiger partial charge >= 0.3 is 0 Å². The molecule has 0 aliphatic heterocycles. The molecule has 2 unspecified atom stereocenters. The molecule has 0 saturated carbocycles. The third kappa shape index (κ3) is 65.7. The molecule has 0 bridgehead atoms. The maximum atomic E-state index is 12.5. The van der Waals surface area contributed by atoms with Crippen LogP contribution >= 0.6 is 0 Å². The third-order valence-electron chi connectivity index (χ3n) is 17.4. The Kier molecular flexibility index (Phi) is 69.1. The summed E-state index contributed by atoms with van der Waals surface area (Å²) >= 11 is 0. The van der Waals surface area contributed by atoms with Gasteiger partial charge in [-0.25, -0.2) is 0 Å². The van der Waals surface area contributed by atoms with Gasteiger partial charge in [0.25, 0.3) is 0 Å². The van der Waals surface area contributed by atoms with Crippen LogP contribution in [0.3, 0.4) is 0 Å². The van der Waals surface area contributed by atoms with Gasteiger partial charge in [-0.15, -0.1) is 0 Å². The van der Waals surface area contributed by atoms with Crippen molar-refractivity contribution in [3.05, 3.63) is 24.3 Å². The van der Waals surface area contributed by atoms with E-state index in [1.807, 2.05) is 6.08 Å². The SMILES string of the molecule is CCCCCCCCCC/C=C\CCCCCCCCCCCCCCCCCCCCCCCCCCCCCCCC(=O)NC(CO)C(O)/C=C/CCCCCCCCCCCCCCCCCCCCCCCCC. The molecular weight excluding hydrogens is 951 g/mol. The van der Waals surface area contributed by atoms with Crippen LogP contribution in [0.25, 0.3) is 0 Å². The Morgan fingerprint density at radius 1 is 0.295 bits per heavy atom. The molecule has 0 spiro atoms. The van der Waals surface area contributed by atoms with Gasteiger partial charge in [0.15, 0.2) is 0 Å². The second-order valence-electron chi connectivity index (χ2n) is 25.4. The van der Waals surface area contributed by atoms with Crippen molar-refractivity contribution in [1.29, 1.82) is 0 Å². The predicted octanol–water partition coefficient (Wildman–Crippen LogP) is 24.9. The Morgan fingerprint density at radius 3 is 0.705 bits per heavy atom. The summed E-state index contributed by atoms with van der Waals surface area (Å²) in [5.41, 5.74) is 0. The van der Waals surface area contributed by atoms with Gasteiger partial charge in [-0.1, -0.05) is 398 Å². The highest BCUT2D eigenvalue weighted by molar-refractivity contribution is 5.76. The van der Waals surface area contributed by atoms with Crippen molar-refractivity contribution >= 4 is 5.91 Å². The quantitative estimate of drug-likeness (QED) is 0.0420. The van der Waals surface area contributed by atoms with Crippen LogP contribution in [0.15, 0.2) is 24.3 Å². The molecule has 0 rings (SSSR count). The highest BCUT2D eigenvalue weighted by Gasteiger charge is 2.18. The number of aliphatic hydroxyl groups excluding tert-OH is 2. The lowest BCUT2D eigenvalue weighted by atomic mass is 10.0. The summed E-state index contributed by atoms with van der Waals surface area (Å²) in [6.07, 6.45) is 95.8. The Balaban J connectivity index is 3.37. The monoisotopic (exact) mass is 1100 g/mol. The molecule has 0 fully saturated rings. The number of aliphatic hydroxyl groups is 2. The standard InChI is InChI=1S/C74H145NO3/c1-3-5-7-9-11-13-15-17-19-21-23-25-27-29-30-31-32-33-34-35-36-37-38-39-40-41-42-43-44-46-48-50-52-54-56-58-60-62-64-66-68-70-74(78)75-72(71-76)73(77)69-67-65-63-61-59-57-55-53-51-49-47-45-28-26-24-22-20-18-16-14-12-10-8-6-4-2/h21,23,67,69,72-73,76-77H,3-20,22,24-66,68,70-71H2,1-2H3,(H,75,78)/b23-21-,69-67+. The van der Waals surface area contributed by atoms with Crippen molar-refractivity contribution < 1.29 is 15.0 Å². The van der Waals surface area contributed by atoms with E-state index in [1.54, 1.807) is 6.08 Å². The fourth-order valence-electron chi connectivity index (χ4n) is 11.9. The number of carbonyl (C=O) groups is 1. The highest BCUT2D eigenvalue weighted by atomic mass is 16.3. The molecule has 3 N–H and O–H groups in total. The van der Waals surface area contributed by atoms with E-state index in [4.69, 9.17) is 0 Å². The van der Waals surface area contributed by atoms with Crippen molar-refractivity contribution in [3.8, 4) is 0 Å². The van der Waals surface area contributed by atoms with Gasteiger partial charge in [0.05, 0.1) is 18.8 Å². The van der Waals surface area contributed by atoms with E-state index >= 15 is 0 Å². The van der Waals surface area contributed by atoms with Crippen LogP contribution in [0.4, 0.5) is 0 Å². The Morgan fingerprint density at radius 2 is 0.487 bits per heavy atom. The zero-order valence-electron chi connectivity index (χ0n) is 53.7. The number of nitrogens with one attached hydrogen (secondary N) is 1. The van der Waals surface area contributed by atoms with E-state index < -0.39 is 12.1 Å². The van der Waals surface area contributed by atoms with Gasteiger partial charge in [-0.05, 0) is 44.9 Å². The van der Waals surface area contributed by atoms with E-state index in [0.717, 1.165) is 25.7 Å². The largest absolute Gasteiger partial charge is 0.394 e. The zero-order valence-corrected chi connectivity index (χ0v) is 53.7. The van der Waals surface area contributed by atoms with E-state index in [0.29, 0.717) is 6.42 Å². The summed E-state index contributed by atoms with van der Waals surface area (Å²) in [7, 11) is 0. The lowest BCUT2D eigenvalue weighted by Crippen LogP contribution is -2.45. The van der Waals surface area contributed by atoms with Crippen LogP contribution in [0.1, 0.15) is 425 Å². The summed E-state index contributed by atoms with van der Waals surface area (Å²) < 4.78 is 0. The van der Waals surface area contributed by atoms with Crippen LogP contribution in [0, 0.1) is 0 Å². The number of hydrogen-bond acceptors (Lipinski definition) is 3. The van der Waals surface area contributed by atoms with Gasteiger partial charge in [0, 0.05) is 6.42 Å². The maximum absolute atomic E-state index is 12.5. The topological polar surface area (TPSA) is 69.6 Å². The minimum atomic E-state index is -0.838. The molecule has 0 heterocycles. The Bertz CT molecular complexity index is 1150. The summed E-state index contributed by atoms with van der Waals surface area (Å²) in [6, 6.07) is -0.621. The van der Waals surface area contributed by atoms with Gasteiger partial charge in [-0.2, -0.15) is 0 Å². The van der Waals surface area contributed by atoms with E-state index in [2.05, 4.69) is 31.3 Å². The molecule has 0 aromatic rings. The first-order valence-electron chi connectivity index (χ1n) is 36.6. The van der Waals surface area contributed by atoms with Crippen LogP contribution < -0.4 is 5.32 Å². The fourth-order valence-corrected chi connectivity index (χ4v) is 11.9. The van der Waals surface area contributed by atoms with Gasteiger partial charge < -0.3 is 15.5 Å². The number of amides is 1. The lowest BCUT2D eigenvalue weighted by molar-refractivity contribution is -0.123. The average Bonchev–Trinajstić information content (AvgIpc) is 3.44. The van der Waals surface area contributed by atoms with Crippen molar-refractivity contribution in [2.24, 2.45) is 0 Å². The van der Waals surface area contributed by atoms with E-state index in [1.165, 1.54) is 379 Å². The van der Waals surface area contributed by atoms with Crippen molar-refractivity contribution in [1.82, 2.24) is 5.32 Å². The number of unbranched alkanes of at least 4 members (excludes halogenated alkanes) is 60. The van der Waals surface area contributed by atoms with Crippen molar-refractivity contribution in [3.63, 3.8) is 0 Å². The summed E-state index contributed by atoms with van der Waals surface area (Å²) in [5.74, 6) is -0.0536.